The third-order valence-electron chi connectivity index (χ3n) is 5.65. The second-order valence-electron chi connectivity index (χ2n) is 7.65. The van der Waals surface area contributed by atoms with E-state index >= 15 is 0 Å². The van der Waals surface area contributed by atoms with Gasteiger partial charge in [0.25, 0.3) is 0 Å². The molecule has 1 aromatic carbocycles. The molecule has 0 bridgehead atoms. The van der Waals surface area contributed by atoms with Crippen molar-refractivity contribution in [3.63, 3.8) is 0 Å². The average molecular weight is 419 g/mol. The largest absolute Gasteiger partial charge is 0.339 e. The highest BCUT2D eigenvalue weighted by atomic mass is 79.9. The number of hydrogen-bond donors (Lipinski definition) is 1. The second kappa shape index (κ2) is 6.68. The number of carbonyl (C=O) groups is 1. The van der Waals surface area contributed by atoms with Crippen molar-refractivity contribution in [3.8, 4) is 0 Å². The molecule has 2 amide bonds. The van der Waals surface area contributed by atoms with Crippen molar-refractivity contribution in [1.29, 1.82) is 0 Å². The smallest absolute Gasteiger partial charge is 0.321 e. The van der Waals surface area contributed by atoms with Gasteiger partial charge < -0.3 is 14.7 Å². The highest BCUT2D eigenvalue weighted by molar-refractivity contribution is 9.10. The molecule has 2 heterocycles. The van der Waals surface area contributed by atoms with E-state index in [0.29, 0.717) is 18.4 Å². The van der Waals surface area contributed by atoms with Crippen LogP contribution in [0.2, 0.25) is 0 Å². The molecule has 2 fully saturated rings. The molecule has 1 N–H and O–H groups in total. The summed E-state index contributed by atoms with van der Waals surface area (Å²) in [7, 11) is 0. The van der Waals surface area contributed by atoms with Gasteiger partial charge in [-0.05, 0) is 46.8 Å². The van der Waals surface area contributed by atoms with E-state index in [-0.39, 0.29) is 17.4 Å². The van der Waals surface area contributed by atoms with E-state index in [9.17, 15) is 4.79 Å². The maximum Gasteiger partial charge on any atom is 0.321 e. The second-order valence-corrected chi connectivity index (χ2v) is 8.50. The summed E-state index contributed by atoms with van der Waals surface area (Å²) in [5, 5.41) is 7.30. The number of anilines is 1. The van der Waals surface area contributed by atoms with Gasteiger partial charge in [-0.1, -0.05) is 37.6 Å². The van der Waals surface area contributed by atoms with Crippen LogP contribution >= 0.6 is 15.9 Å². The summed E-state index contributed by atoms with van der Waals surface area (Å²) in [6, 6.07) is 7.58. The number of rotatable bonds is 3. The summed E-state index contributed by atoms with van der Waals surface area (Å²) in [5.74, 6) is 2.06. The predicted molar refractivity (Wildman–Crippen MR) is 102 cm³/mol. The number of nitrogens with zero attached hydrogens (tertiary/aromatic N) is 3. The number of urea groups is 1. The molecule has 1 aromatic heterocycles. The first-order valence-corrected chi connectivity index (χ1v) is 9.93. The van der Waals surface area contributed by atoms with Gasteiger partial charge in [0.2, 0.25) is 5.89 Å². The van der Waals surface area contributed by atoms with Gasteiger partial charge in [-0.25, -0.2) is 4.79 Å². The van der Waals surface area contributed by atoms with Crippen molar-refractivity contribution < 1.29 is 9.32 Å². The zero-order valence-electron chi connectivity index (χ0n) is 15.0. The quantitative estimate of drug-likeness (QED) is 0.793. The average Bonchev–Trinajstić information content (AvgIpc) is 3.30. The molecule has 2 aromatic rings. The fraction of sp³-hybridized carbons (Fsp3) is 0.526. The molecule has 1 aliphatic heterocycles. The first kappa shape index (κ1) is 17.5. The minimum absolute atomic E-state index is 0.0711. The highest BCUT2D eigenvalue weighted by Crippen LogP contribution is 2.49. The summed E-state index contributed by atoms with van der Waals surface area (Å²) in [6.45, 7) is 5.48. The molecule has 2 aliphatic rings. The fourth-order valence-corrected chi connectivity index (χ4v) is 4.62. The van der Waals surface area contributed by atoms with Crippen LogP contribution in [0.1, 0.15) is 50.7 Å². The van der Waals surface area contributed by atoms with Gasteiger partial charge in [-0.3, -0.25) is 0 Å². The summed E-state index contributed by atoms with van der Waals surface area (Å²) >= 11 is 3.48. The van der Waals surface area contributed by atoms with Crippen LogP contribution in [0.3, 0.4) is 0 Å². The van der Waals surface area contributed by atoms with Crippen molar-refractivity contribution in [2.75, 3.05) is 18.4 Å². The number of benzene rings is 1. The molecular weight excluding hydrogens is 396 g/mol. The maximum absolute atomic E-state index is 12.8. The molecule has 1 aliphatic carbocycles. The molecule has 7 heteroatoms. The van der Waals surface area contributed by atoms with Gasteiger partial charge in [-0.15, -0.1) is 0 Å². The Labute approximate surface area is 161 Å². The molecule has 1 saturated carbocycles. The molecule has 2 unspecified atom stereocenters. The molecule has 0 radical (unpaired) electrons. The van der Waals surface area contributed by atoms with Crippen molar-refractivity contribution in [2.24, 2.45) is 5.92 Å². The third kappa shape index (κ3) is 2.92. The van der Waals surface area contributed by atoms with Crippen molar-refractivity contribution in [2.45, 2.75) is 44.4 Å². The van der Waals surface area contributed by atoms with E-state index in [2.05, 4.69) is 31.4 Å². The van der Waals surface area contributed by atoms with E-state index in [1.54, 1.807) is 0 Å². The van der Waals surface area contributed by atoms with Gasteiger partial charge in [0.05, 0.1) is 11.1 Å². The van der Waals surface area contributed by atoms with Crippen molar-refractivity contribution in [1.82, 2.24) is 15.0 Å². The Morgan fingerprint density at radius 3 is 2.96 bits per heavy atom. The molecule has 26 heavy (non-hydrogen) atoms. The Kier molecular flexibility index (Phi) is 4.50. The van der Waals surface area contributed by atoms with E-state index in [1.807, 2.05) is 43.0 Å². The molecule has 138 valence electrons. The standard InChI is InChI=1S/C19H23BrN4O2/c1-12(2)16-22-17(23-26-16)19-9-5-6-13(19)10-24(11-19)18(25)21-15-8-4-3-7-14(15)20/h3-4,7-8,12-13H,5-6,9-11H2,1-2H3,(H,21,25). The molecule has 0 spiro atoms. The summed E-state index contributed by atoms with van der Waals surface area (Å²) < 4.78 is 6.34. The molecule has 1 saturated heterocycles. The minimum atomic E-state index is -0.165. The molecule has 4 rings (SSSR count). The third-order valence-corrected chi connectivity index (χ3v) is 6.35. The Morgan fingerprint density at radius 2 is 2.23 bits per heavy atom. The monoisotopic (exact) mass is 418 g/mol. The maximum atomic E-state index is 12.8. The Balaban J connectivity index is 1.54. The number of nitrogens with one attached hydrogen (secondary N) is 1. The number of fused-ring (bicyclic) bond motifs is 1. The lowest BCUT2D eigenvalue weighted by Gasteiger charge is -2.25. The number of likely N-dealkylation sites (tertiary alicyclic amines) is 1. The number of amides is 2. The van der Waals surface area contributed by atoms with Crippen molar-refractivity contribution >= 4 is 27.6 Å². The van der Waals surface area contributed by atoms with Crippen LogP contribution in [0.25, 0.3) is 0 Å². The summed E-state index contributed by atoms with van der Waals surface area (Å²) in [4.78, 5) is 19.4. The molecule has 2 atom stereocenters. The van der Waals surface area contributed by atoms with Gasteiger partial charge in [-0.2, -0.15) is 4.98 Å². The van der Waals surface area contributed by atoms with E-state index in [1.165, 1.54) is 0 Å². The Morgan fingerprint density at radius 1 is 1.42 bits per heavy atom. The zero-order chi connectivity index (χ0) is 18.3. The van der Waals surface area contributed by atoms with E-state index in [4.69, 9.17) is 4.52 Å². The fourth-order valence-electron chi connectivity index (χ4n) is 4.24. The van der Waals surface area contributed by atoms with Gasteiger partial charge in [0.1, 0.15) is 0 Å². The highest BCUT2D eigenvalue weighted by Gasteiger charge is 2.54. The van der Waals surface area contributed by atoms with Crippen LogP contribution in [0, 0.1) is 5.92 Å². The zero-order valence-corrected chi connectivity index (χ0v) is 16.6. The molecular formula is C19H23BrN4O2. The summed E-state index contributed by atoms with van der Waals surface area (Å²) in [6.07, 6.45) is 3.26. The van der Waals surface area contributed by atoms with Crippen LogP contribution in [0.5, 0.6) is 0 Å². The lowest BCUT2D eigenvalue weighted by Crippen LogP contribution is -2.37. The van der Waals surface area contributed by atoms with Gasteiger partial charge in [0, 0.05) is 23.5 Å². The van der Waals surface area contributed by atoms with Crippen LogP contribution < -0.4 is 5.32 Å². The number of para-hydroxylation sites is 1. The first-order chi connectivity index (χ1) is 12.5. The molecule has 6 nitrogen and oxygen atoms in total. The lowest BCUT2D eigenvalue weighted by atomic mass is 9.80. The topological polar surface area (TPSA) is 71.3 Å². The predicted octanol–water partition coefficient (Wildman–Crippen LogP) is 4.54. The normalized spacial score (nSPS) is 24.9. The minimum Gasteiger partial charge on any atom is -0.339 e. The number of aromatic nitrogens is 2. The van der Waals surface area contributed by atoms with E-state index in [0.717, 1.165) is 41.8 Å². The van der Waals surface area contributed by atoms with Crippen LogP contribution in [0.15, 0.2) is 33.3 Å². The Bertz CT molecular complexity index is 821. The van der Waals surface area contributed by atoms with Crippen LogP contribution in [-0.2, 0) is 5.41 Å². The van der Waals surface area contributed by atoms with Gasteiger partial charge in [0.15, 0.2) is 5.82 Å². The number of carbonyl (C=O) groups excluding carboxylic acids is 1. The van der Waals surface area contributed by atoms with E-state index < -0.39 is 0 Å². The van der Waals surface area contributed by atoms with Crippen LogP contribution in [0.4, 0.5) is 10.5 Å². The number of hydrogen-bond acceptors (Lipinski definition) is 4. The lowest BCUT2D eigenvalue weighted by molar-refractivity contribution is 0.217. The first-order valence-electron chi connectivity index (χ1n) is 9.14. The Hall–Kier alpha value is -1.89. The SMILES string of the molecule is CC(C)c1nc(C23CCCC2CN(C(=O)Nc2ccccc2Br)C3)no1. The van der Waals surface area contributed by atoms with Gasteiger partial charge >= 0.3 is 6.03 Å². The summed E-state index contributed by atoms with van der Waals surface area (Å²) in [5.41, 5.74) is 0.618. The van der Waals surface area contributed by atoms with Crippen LogP contribution in [-0.4, -0.2) is 34.2 Å². The number of halogens is 1. The van der Waals surface area contributed by atoms with Crippen molar-refractivity contribution in [3.05, 3.63) is 40.5 Å².